The van der Waals surface area contributed by atoms with Gasteiger partial charge in [0.2, 0.25) is 0 Å². The summed E-state index contributed by atoms with van der Waals surface area (Å²) in [5, 5.41) is 2.89. The Labute approximate surface area is 145 Å². The van der Waals surface area contributed by atoms with E-state index in [2.05, 4.69) is 21.2 Å². The Morgan fingerprint density at radius 2 is 2.00 bits per heavy atom. The number of rotatable bonds is 6. The maximum absolute atomic E-state index is 12.3. The van der Waals surface area contributed by atoms with Gasteiger partial charge in [0.25, 0.3) is 0 Å². The molecule has 0 aliphatic carbocycles. The summed E-state index contributed by atoms with van der Waals surface area (Å²) in [4.78, 5) is 14.0. The minimum Gasteiger partial charge on any atom is -0.491 e. The number of carbonyl (C=O) groups excluding carboxylic acids is 1. The van der Waals surface area contributed by atoms with Crippen molar-refractivity contribution in [2.75, 3.05) is 24.6 Å². The van der Waals surface area contributed by atoms with E-state index in [0.717, 1.165) is 21.5 Å². The number of aryl methyl sites for hydroxylation is 1. The van der Waals surface area contributed by atoms with E-state index in [4.69, 9.17) is 4.74 Å². The Morgan fingerprint density at radius 3 is 2.70 bits per heavy atom. The molecule has 2 aromatic carbocycles. The SMILES string of the molecule is CCN(C(=O)NCCOc1ccccc1Br)c1cccc(C)c1. The smallest absolute Gasteiger partial charge is 0.321 e. The molecule has 0 aliphatic heterocycles. The molecule has 23 heavy (non-hydrogen) atoms. The van der Waals surface area contributed by atoms with Crippen molar-refractivity contribution in [3.8, 4) is 5.75 Å². The van der Waals surface area contributed by atoms with E-state index in [0.29, 0.717) is 19.7 Å². The van der Waals surface area contributed by atoms with Crippen LogP contribution in [0.3, 0.4) is 0 Å². The number of nitrogens with zero attached hydrogens (tertiary/aromatic N) is 1. The Morgan fingerprint density at radius 1 is 1.22 bits per heavy atom. The van der Waals surface area contributed by atoms with Gasteiger partial charge in [-0.05, 0) is 59.6 Å². The molecule has 0 heterocycles. The van der Waals surface area contributed by atoms with Gasteiger partial charge in [-0.3, -0.25) is 4.90 Å². The number of urea groups is 1. The predicted octanol–water partition coefficient (Wildman–Crippen LogP) is 4.37. The lowest BCUT2D eigenvalue weighted by Gasteiger charge is -2.22. The molecule has 122 valence electrons. The van der Waals surface area contributed by atoms with Gasteiger partial charge >= 0.3 is 6.03 Å². The second kappa shape index (κ2) is 8.58. The lowest BCUT2D eigenvalue weighted by Crippen LogP contribution is -2.41. The van der Waals surface area contributed by atoms with Crippen LogP contribution < -0.4 is 15.0 Å². The van der Waals surface area contributed by atoms with Crippen molar-refractivity contribution in [1.82, 2.24) is 5.32 Å². The van der Waals surface area contributed by atoms with Gasteiger partial charge in [0, 0.05) is 12.2 Å². The summed E-state index contributed by atoms with van der Waals surface area (Å²) in [7, 11) is 0. The monoisotopic (exact) mass is 376 g/mol. The number of amides is 2. The molecule has 0 saturated heterocycles. The molecule has 0 unspecified atom stereocenters. The Bertz CT molecular complexity index is 661. The highest BCUT2D eigenvalue weighted by atomic mass is 79.9. The molecule has 0 atom stereocenters. The maximum atomic E-state index is 12.3. The normalized spacial score (nSPS) is 10.2. The molecule has 5 heteroatoms. The van der Waals surface area contributed by atoms with Crippen molar-refractivity contribution in [2.45, 2.75) is 13.8 Å². The van der Waals surface area contributed by atoms with Gasteiger partial charge in [-0.15, -0.1) is 0 Å². The van der Waals surface area contributed by atoms with Crippen molar-refractivity contribution in [2.24, 2.45) is 0 Å². The Balaban J connectivity index is 1.85. The van der Waals surface area contributed by atoms with Gasteiger partial charge in [0.15, 0.2) is 0 Å². The van der Waals surface area contributed by atoms with Crippen LogP contribution >= 0.6 is 15.9 Å². The van der Waals surface area contributed by atoms with E-state index in [9.17, 15) is 4.79 Å². The summed E-state index contributed by atoms with van der Waals surface area (Å²) in [5.74, 6) is 0.771. The van der Waals surface area contributed by atoms with Gasteiger partial charge in [-0.1, -0.05) is 24.3 Å². The van der Waals surface area contributed by atoms with Crippen LogP contribution in [0.5, 0.6) is 5.75 Å². The van der Waals surface area contributed by atoms with Crippen LogP contribution in [0.25, 0.3) is 0 Å². The second-order valence-corrected chi connectivity index (χ2v) is 5.95. The number of halogens is 1. The van der Waals surface area contributed by atoms with Gasteiger partial charge < -0.3 is 10.1 Å². The Hall–Kier alpha value is -2.01. The first-order chi connectivity index (χ1) is 11.1. The maximum Gasteiger partial charge on any atom is 0.321 e. The molecule has 2 rings (SSSR count). The lowest BCUT2D eigenvalue weighted by atomic mass is 10.2. The van der Waals surface area contributed by atoms with Crippen molar-refractivity contribution in [1.29, 1.82) is 0 Å². The average Bonchev–Trinajstić information content (AvgIpc) is 2.54. The zero-order valence-electron chi connectivity index (χ0n) is 13.4. The molecular weight excluding hydrogens is 356 g/mol. The number of para-hydroxylation sites is 1. The lowest BCUT2D eigenvalue weighted by molar-refractivity contribution is 0.242. The Kier molecular flexibility index (Phi) is 6.47. The molecule has 0 spiro atoms. The average molecular weight is 377 g/mol. The van der Waals surface area contributed by atoms with Crippen molar-refractivity contribution >= 4 is 27.6 Å². The number of hydrogen-bond donors (Lipinski definition) is 1. The zero-order chi connectivity index (χ0) is 16.7. The van der Waals surface area contributed by atoms with E-state index < -0.39 is 0 Å². The first kappa shape index (κ1) is 17.3. The number of nitrogens with one attached hydrogen (secondary N) is 1. The number of anilines is 1. The van der Waals surface area contributed by atoms with Gasteiger partial charge in [0.05, 0.1) is 11.0 Å². The summed E-state index contributed by atoms with van der Waals surface area (Å²) >= 11 is 3.43. The van der Waals surface area contributed by atoms with Crippen LogP contribution in [-0.4, -0.2) is 25.7 Å². The van der Waals surface area contributed by atoms with E-state index in [1.807, 2.05) is 62.4 Å². The highest BCUT2D eigenvalue weighted by Crippen LogP contribution is 2.23. The van der Waals surface area contributed by atoms with E-state index >= 15 is 0 Å². The minimum absolute atomic E-state index is 0.117. The number of carbonyl (C=O) groups is 1. The molecule has 0 radical (unpaired) electrons. The first-order valence-electron chi connectivity index (χ1n) is 7.61. The van der Waals surface area contributed by atoms with Gasteiger partial charge in [-0.2, -0.15) is 0 Å². The fraction of sp³-hybridized carbons (Fsp3) is 0.278. The molecule has 0 saturated carbocycles. The van der Waals surface area contributed by atoms with E-state index in [1.165, 1.54) is 0 Å². The topological polar surface area (TPSA) is 41.6 Å². The van der Waals surface area contributed by atoms with Crippen LogP contribution in [0.4, 0.5) is 10.5 Å². The zero-order valence-corrected chi connectivity index (χ0v) is 15.0. The van der Waals surface area contributed by atoms with E-state index in [1.54, 1.807) is 4.90 Å². The molecule has 0 bridgehead atoms. The highest BCUT2D eigenvalue weighted by molar-refractivity contribution is 9.10. The molecule has 0 aromatic heterocycles. The molecule has 1 N–H and O–H groups in total. The van der Waals surface area contributed by atoms with Crippen LogP contribution in [0.15, 0.2) is 53.0 Å². The fourth-order valence-electron chi connectivity index (χ4n) is 2.22. The van der Waals surface area contributed by atoms with Crippen molar-refractivity contribution in [3.63, 3.8) is 0 Å². The molecule has 0 aliphatic rings. The highest BCUT2D eigenvalue weighted by Gasteiger charge is 2.13. The summed E-state index contributed by atoms with van der Waals surface area (Å²) < 4.78 is 6.55. The van der Waals surface area contributed by atoms with Crippen LogP contribution in [0, 0.1) is 6.92 Å². The third kappa shape index (κ3) is 4.99. The summed E-state index contributed by atoms with van der Waals surface area (Å²) in [6, 6.07) is 15.4. The summed E-state index contributed by atoms with van der Waals surface area (Å²) in [6.07, 6.45) is 0. The van der Waals surface area contributed by atoms with Gasteiger partial charge in [-0.25, -0.2) is 4.79 Å². The summed E-state index contributed by atoms with van der Waals surface area (Å²) in [5.41, 5.74) is 2.03. The fourth-order valence-corrected chi connectivity index (χ4v) is 2.61. The van der Waals surface area contributed by atoms with E-state index in [-0.39, 0.29) is 6.03 Å². The van der Waals surface area contributed by atoms with Gasteiger partial charge in [0.1, 0.15) is 12.4 Å². The summed E-state index contributed by atoms with van der Waals surface area (Å²) in [6.45, 7) is 5.45. The third-order valence-corrected chi connectivity index (χ3v) is 4.00. The molecule has 2 aromatic rings. The van der Waals surface area contributed by atoms with Crippen LogP contribution in [0.2, 0.25) is 0 Å². The molecular formula is C18H21BrN2O2. The second-order valence-electron chi connectivity index (χ2n) is 5.09. The largest absolute Gasteiger partial charge is 0.491 e. The number of hydrogen-bond acceptors (Lipinski definition) is 2. The molecule has 2 amide bonds. The van der Waals surface area contributed by atoms with Crippen molar-refractivity contribution < 1.29 is 9.53 Å². The van der Waals surface area contributed by atoms with Crippen LogP contribution in [0.1, 0.15) is 12.5 Å². The molecule has 0 fully saturated rings. The minimum atomic E-state index is -0.117. The number of benzene rings is 2. The number of ether oxygens (including phenoxy) is 1. The van der Waals surface area contributed by atoms with Crippen LogP contribution in [-0.2, 0) is 0 Å². The quantitative estimate of drug-likeness (QED) is 0.760. The standard InChI is InChI=1S/C18H21BrN2O2/c1-3-21(15-8-6-7-14(2)13-15)18(22)20-11-12-23-17-10-5-4-9-16(17)19/h4-10,13H,3,11-12H2,1-2H3,(H,20,22). The van der Waals surface area contributed by atoms with Crippen molar-refractivity contribution in [3.05, 3.63) is 58.6 Å². The third-order valence-electron chi connectivity index (χ3n) is 3.35. The first-order valence-corrected chi connectivity index (χ1v) is 8.40. The predicted molar refractivity (Wildman–Crippen MR) is 97.2 cm³/mol. The molecule has 4 nitrogen and oxygen atoms in total.